The fourth-order valence-corrected chi connectivity index (χ4v) is 5.78. The molecule has 5 rings (SSSR count). The summed E-state index contributed by atoms with van der Waals surface area (Å²) in [7, 11) is 0. The molecule has 3 aromatic rings. The first-order valence-corrected chi connectivity index (χ1v) is 14.8. The summed E-state index contributed by atoms with van der Waals surface area (Å²) in [5, 5.41) is 8.96. The highest BCUT2D eigenvalue weighted by molar-refractivity contribution is 9.10. The van der Waals surface area contributed by atoms with E-state index in [1.807, 2.05) is 47.4 Å². The van der Waals surface area contributed by atoms with Crippen molar-refractivity contribution < 1.29 is 9.59 Å². The van der Waals surface area contributed by atoms with Crippen molar-refractivity contribution in [3.63, 3.8) is 0 Å². The van der Waals surface area contributed by atoms with Gasteiger partial charge in [-0.2, -0.15) is 0 Å². The first-order chi connectivity index (χ1) is 19.0. The Morgan fingerprint density at radius 3 is 2.54 bits per heavy atom. The fourth-order valence-electron chi connectivity index (χ4n) is 5.51. The van der Waals surface area contributed by atoms with E-state index in [2.05, 4.69) is 61.8 Å². The molecular weight excluding hydrogens is 552 g/mol. The highest BCUT2D eigenvalue weighted by Crippen LogP contribution is 2.25. The number of anilines is 1. The van der Waals surface area contributed by atoms with Crippen molar-refractivity contribution in [2.75, 3.05) is 37.6 Å². The van der Waals surface area contributed by atoms with Crippen molar-refractivity contribution >= 4 is 50.3 Å². The van der Waals surface area contributed by atoms with Gasteiger partial charge in [-0.3, -0.25) is 9.59 Å². The van der Waals surface area contributed by atoms with Crippen LogP contribution in [0.4, 0.5) is 5.69 Å². The SMILES string of the molecule is O=C(/C=C/c1ccc(Br)cc1)NC[C@H]1CCN(c2ccc3ccccc3c2)C(=O)[C@@H](CCN2CCCCC2)N1. The van der Waals surface area contributed by atoms with E-state index in [0.29, 0.717) is 13.1 Å². The smallest absolute Gasteiger partial charge is 0.244 e. The second-order valence-electron chi connectivity index (χ2n) is 10.5. The van der Waals surface area contributed by atoms with E-state index in [-0.39, 0.29) is 23.9 Å². The Hall–Kier alpha value is -3.00. The molecule has 2 aliphatic heterocycles. The number of hydrogen-bond acceptors (Lipinski definition) is 4. The van der Waals surface area contributed by atoms with Gasteiger partial charge < -0.3 is 20.4 Å². The number of likely N-dealkylation sites (tertiary alicyclic amines) is 1. The van der Waals surface area contributed by atoms with E-state index in [0.717, 1.165) is 53.6 Å². The standard InChI is InChI=1S/C32H37BrN4O2/c33-27-12-8-24(9-13-27)10-15-31(38)34-23-28-16-21-37(29-14-11-25-6-2-3-7-26(25)22-29)32(39)30(35-28)17-20-36-18-4-1-5-19-36/h2-3,6-15,22,28,30,35H,1,4-5,16-21,23H2,(H,34,38)/b15-10+/t28-,30-/m1/s1. The van der Waals surface area contributed by atoms with Gasteiger partial charge in [-0.25, -0.2) is 0 Å². The minimum atomic E-state index is -0.291. The fraction of sp³-hybridized carbons (Fsp3) is 0.375. The Balaban J connectivity index is 1.27. The highest BCUT2D eigenvalue weighted by Gasteiger charge is 2.32. The molecule has 0 saturated carbocycles. The molecule has 2 aliphatic rings. The summed E-state index contributed by atoms with van der Waals surface area (Å²) in [6.07, 6.45) is 8.67. The minimum Gasteiger partial charge on any atom is -0.351 e. The van der Waals surface area contributed by atoms with Crippen LogP contribution in [0.3, 0.4) is 0 Å². The Kier molecular flexibility index (Phi) is 9.45. The summed E-state index contributed by atoms with van der Waals surface area (Å²) in [4.78, 5) is 30.9. The van der Waals surface area contributed by atoms with Crippen LogP contribution in [0.1, 0.15) is 37.7 Å². The quantitative estimate of drug-likeness (QED) is 0.347. The Morgan fingerprint density at radius 1 is 0.974 bits per heavy atom. The van der Waals surface area contributed by atoms with Crippen molar-refractivity contribution in [1.29, 1.82) is 0 Å². The monoisotopic (exact) mass is 588 g/mol. The van der Waals surface area contributed by atoms with Crippen LogP contribution >= 0.6 is 15.9 Å². The van der Waals surface area contributed by atoms with Gasteiger partial charge in [-0.15, -0.1) is 0 Å². The van der Waals surface area contributed by atoms with Gasteiger partial charge in [0.15, 0.2) is 0 Å². The van der Waals surface area contributed by atoms with Gasteiger partial charge >= 0.3 is 0 Å². The summed E-state index contributed by atoms with van der Waals surface area (Å²) >= 11 is 3.43. The first-order valence-electron chi connectivity index (χ1n) is 14.1. The lowest BCUT2D eigenvalue weighted by atomic mass is 10.1. The zero-order valence-corrected chi connectivity index (χ0v) is 23.9. The molecule has 7 heteroatoms. The van der Waals surface area contributed by atoms with Crippen LogP contribution in [0.5, 0.6) is 0 Å². The minimum absolute atomic E-state index is 0.00999. The van der Waals surface area contributed by atoms with Crippen LogP contribution in [0.15, 0.2) is 77.3 Å². The molecule has 2 fully saturated rings. The number of halogens is 1. The van der Waals surface area contributed by atoms with Crippen molar-refractivity contribution in [1.82, 2.24) is 15.5 Å². The largest absolute Gasteiger partial charge is 0.351 e. The number of carbonyl (C=O) groups is 2. The molecule has 39 heavy (non-hydrogen) atoms. The second kappa shape index (κ2) is 13.4. The molecule has 6 nitrogen and oxygen atoms in total. The summed E-state index contributed by atoms with van der Waals surface area (Å²) < 4.78 is 1.01. The second-order valence-corrected chi connectivity index (χ2v) is 11.5. The molecule has 204 valence electrons. The molecule has 3 aromatic carbocycles. The van der Waals surface area contributed by atoms with Crippen molar-refractivity contribution in [2.45, 2.75) is 44.2 Å². The number of rotatable bonds is 8. The van der Waals surface area contributed by atoms with Crippen LogP contribution in [0.25, 0.3) is 16.8 Å². The zero-order valence-electron chi connectivity index (χ0n) is 22.3. The molecule has 0 radical (unpaired) electrons. The van der Waals surface area contributed by atoms with Crippen LogP contribution < -0.4 is 15.5 Å². The maximum Gasteiger partial charge on any atom is 0.244 e. The first kappa shape index (κ1) is 27.6. The molecule has 0 unspecified atom stereocenters. The van der Waals surface area contributed by atoms with E-state index < -0.39 is 0 Å². The topological polar surface area (TPSA) is 64.7 Å². The molecule has 2 N–H and O–H groups in total. The average Bonchev–Trinajstić information content (AvgIpc) is 3.13. The average molecular weight is 590 g/mol. The highest BCUT2D eigenvalue weighted by atomic mass is 79.9. The van der Waals surface area contributed by atoms with E-state index in [1.54, 1.807) is 6.08 Å². The molecule has 2 heterocycles. The van der Waals surface area contributed by atoms with Crippen LogP contribution in [0.2, 0.25) is 0 Å². The van der Waals surface area contributed by atoms with Gasteiger partial charge in [0, 0.05) is 41.9 Å². The van der Waals surface area contributed by atoms with Gasteiger partial charge in [-0.05, 0) is 85.5 Å². The number of hydrogen-bond donors (Lipinski definition) is 2. The van der Waals surface area contributed by atoms with Gasteiger partial charge in [-0.1, -0.05) is 64.8 Å². The lowest BCUT2D eigenvalue weighted by molar-refractivity contribution is -0.120. The van der Waals surface area contributed by atoms with E-state index in [9.17, 15) is 9.59 Å². The molecular formula is C32H37BrN4O2. The molecule has 2 amide bonds. The number of fused-ring (bicyclic) bond motifs is 1. The lowest BCUT2D eigenvalue weighted by Gasteiger charge is -2.30. The van der Waals surface area contributed by atoms with E-state index >= 15 is 0 Å². The number of nitrogens with one attached hydrogen (secondary N) is 2. The Labute approximate surface area is 239 Å². The number of amides is 2. The summed E-state index contributed by atoms with van der Waals surface area (Å²) in [6.45, 7) is 4.21. The number of nitrogens with zero attached hydrogens (tertiary/aromatic N) is 2. The molecule has 0 aromatic heterocycles. The Morgan fingerprint density at radius 2 is 1.74 bits per heavy atom. The predicted octanol–water partition coefficient (Wildman–Crippen LogP) is 5.37. The third-order valence-electron chi connectivity index (χ3n) is 7.75. The van der Waals surface area contributed by atoms with Crippen LogP contribution in [0, 0.1) is 0 Å². The van der Waals surface area contributed by atoms with Gasteiger partial charge in [0.25, 0.3) is 0 Å². The molecule has 0 aliphatic carbocycles. The predicted molar refractivity (Wildman–Crippen MR) is 163 cm³/mol. The number of carbonyl (C=O) groups excluding carboxylic acids is 2. The molecule has 0 bridgehead atoms. The number of piperidine rings is 1. The zero-order chi connectivity index (χ0) is 27.0. The lowest BCUT2D eigenvalue weighted by Crippen LogP contribution is -2.50. The third kappa shape index (κ3) is 7.56. The van der Waals surface area contributed by atoms with Crippen LogP contribution in [-0.2, 0) is 9.59 Å². The van der Waals surface area contributed by atoms with E-state index in [4.69, 9.17) is 0 Å². The molecule has 2 atom stereocenters. The van der Waals surface area contributed by atoms with Gasteiger partial charge in [0.1, 0.15) is 0 Å². The van der Waals surface area contributed by atoms with E-state index in [1.165, 1.54) is 24.6 Å². The van der Waals surface area contributed by atoms with Crippen molar-refractivity contribution in [3.8, 4) is 0 Å². The van der Waals surface area contributed by atoms with Crippen molar-refractivity contribution in [2.24, 2.45) is 0 Å². The normalized spacial score (nSPS) is 20.8. The summed E-state index contributed by atoms with van der Waals surface area (Å²) in [6, 6.07) is 22.1. The molecule has 2 saturated heterocycles. The summed E-state index contributed by atoms with van der Waals surface area (Å²) in [5.74, 6) is -0.0159. The van der Waals surface area contributed by atoms with Crippen LogP contribution in [-0.4, -0.2) is 61.5 Å². The molecule has 0 spiro atoms. The van der Waals surface area contributed by atoms with Gasteiger partial charge in [0.05, 0.1) is 6.04 Å². The Bertz CT molecular complexity index is 1300. The third-order valence-corrected chi connectivity index (χ3v) is 8.28. The maximum atomic E-state index is 13.9. The maximum absolute atomic E-state index is 13.9. The van der Waals surface area contributed by atoms with Crippen molar-refractivity contribution in [3.05, 3.63) is 82.8 Å². The summed E-state index contributed by atoms with van der Waals surface area (Å²) in [5.41, 5.74) is 1.90. The van der Waals surface area contributed by atoms with Gasteiger partial charge in [0.2, 0.25) is 11.8 Å². The number of benzene rings is 3.